The van der Waals surface area contributed by atoms with Crippen molar-refractivity contribution in [3.63, 3.8) is 0 Å². The zero-order valence-electron chi connectivity index (χ0n) is 12.1. The molecular weight excluding hydrogens is 260 g/mol. The quantitative estimate of drug-likeness (QED) is 0.442. The lowest BCUT2D eigenvalue weighted by Gasteiger charge is -2.20. The first kappa shape index (κ1) is 16.0. The molecule has 0 amide bonds. The Morgan fingerprint density at radius 3 is 2.21 bits per heavy atom. The topological polar surface area (TPSA) is 52.6 Å². The van der Waals surface area contributed by atoms with E-state index in [1.807, 2.05) is 0 Å². The van der Waals surface area contributed by atoms with Crippen molar-refractivity contribution in [3.05, 3.63) is 12.2 Å². The molecular formula is C14H24O4Si. The summed E-state index contributed by atoms with van der Waals surface area (Å²) < 4.78 is 10.3. The van der Waals surface area contributed by atoms with Crippen LogP contribution in [-0.4, -0.2) is 32.3 Å². The number of hydrogen-bond acceptors (Lipinski definition) is 4. The number of rotatable bonds is 5. The molecule has 4 nitrogen and oxygen atoms in total. The van der Waals surface area contributed by atoms with Crippen LogP contribution in [0, 0.1) is 0 Å². The molecule has 0 aromatic heterocycles. The fourth-order valence-corrected chi connectivity index (χ4v) is 2.43. The molecule has 0 heterocycles. The van der Waals surface area contributed by atoms with Gasteiger partial charge in [0.15, 0.2) is 0 Å². The highest BCUT2D eigenvalue weighted by Gasteiger charge is 2.17. The molecule has 0 aromatic rings. The normalized spacial score (nSPS) is 17.4. The van der Waals surface area contributed by atoms with Gasteiger partial charge in [-0.2, -0.15) is 0 Å². The highest BCUT2D eigenvalue weighted by Crippen LogP contribution is 2.20. The van der Waals surface area contributed by atoms with Crippen molar-refractivity contribution in [1.82, 2.24) is 0 Å². The second-order valence-corrected chi connectivity index (χ2v) is 11.6. The first-order valence-corrected chi connectivity index (χ1v) is 10.6. The van der Waals surface area contributed by atoms with Crippen LogP contribution in [0.5, 0.6) is 0 Å². The van der Waals surface area contributed by atoms with E-state index in [2.05, 4.69) is 19.6 Å². The molecule has 0 saturated heterocycles. The summed E-state index contributed by atoms with van der Waals surface area (Å²) in [7, 11) is -1.40. The molecule has 19 heavy (non-hydrogen) atoms. The van der Waals surface area contributed by atoms with Crippen LogP contribution in [0.2, 0.25) is 19.6 Å². The average Bonchev–Trinajstić information content (AvgIpc) is 2.34. The van der Waals surface area contributed by atoms with Gasteiger partial charge in [-0.1, -0.05) is 26.1 Å². The van der Waals surface area contributed by atoms with E-state index >= 15 is 0 Å². The number of hydrogen-bond donors (Lipinski definition) is 0. The van der Waals surface area contributed by atoms with Gasteiger partial charge in [-0.15, -0.1) is 0 Å². The molecule has 0 radical (unpaired) electrons. The monoisotopic (exact) mass is 284 g/mol. The van der Waals surface area contributed by atoms with Gasteiger partial charge in [-0.25, -0.2) is 9.59 Å². The minimum Gasteiger partial charge on any atom is -0.466 e. The van der Waals surface area contributed by atoms with Gasteiger partial charge in [0.05, 0.1) is 14.3 Å². The van der Waals surface area contributed by atoms with Gasteiger partial charge in [-0.3, -0.25) is 0 Å². The molecule has 5 heteroatoms. The average molecular weight is 284 g/mol. The van der Waals surface area contributed by atoms with E-state index in [0.29, 0.717) is 6.23 Å². The Bertz CT molecular complexity index is 338. The zero-order chi connectivity index (χ0) is 14.3. The Hall–Kier alpha value is -1.10. The van der Waals surface area contributed by atoms with Crippen molar-refractivity contribution >= 4 is 20.0 Å². The van der Waals surface area contributed by atoms with Gasteiger partial charge >= 0.3 is 11.9 Å². The van der Waals surface area contributed by atoms with Crippen molar-refractivity contribution < 1.29 is 19.1 Å². The SMILES string of the molecule is C[Si](C)(C)COC(=O)/C=C/C(=O)OC1CCCCC1. The summed E-state index contributed by atoms with van der Waals surface area (Å²) in [6.07, 6.45) is 8.11. The lowest BCUT2D eigenvalue weighted by atomic mass is 9.98. The van der Waals surface area contributed by atoms with E-state index in [1.54, 1.807) is 0 Å². The molecule has 0 bridgehead atoms. The summed E-state index contributed by atoms with van der Waals surface area (Å²) in [6.45, 7) is 6.34. The van der Waals surface area contributed by atoms with Crippen LogP contribution >= 0.6 is 0 Å². The van der Waals surface area contributed by atoms with Gasteiger partial charge in [0.25, 0.3) is 0 Å². The maximum absolute atomic E-state index is 11.5. The Morgan fingerprint density at radius 1 is 1.05 bits per heavy atom. The Kier molecular flexibility index (Phi) is 6.28. The summed E-state index contributed by atoms with van der Waals surface area (Å²) in [5, 5.41) is 0. The Labute approximate surface area is 116 Å². The van der Waals surface area contributed by atoms with Crippen molar-refractivity contribution in [2.24, 2.45) is 0 Å². The fourth-order valence-electron chi connectivity index (χ4n) is 1.86. The smallest absolute Gasteiger partial charge is 0.331 e. The van der Waals surface area contributed by atoms with Crippen molar-refractivity contribution in [1.29, 1.82) is 0 Å². The molecule has 0 N–H and O–H groups in total. The molecule has 1 fully saturated rings. The third kappa shape index (κ3) is 7.82. The molecule has 0 aromatic carbocycles. The maximum atomic E-state index is 11.5. The van der Waals surface area contributed by atoms with Crippen LogP contribution in [0.15, 0.2) is 12.2 Å². The lowest BCUT2D eigenvalue weighted by Crippen LogP contribution is -2.29. The van der Waals surface area contributed by atoms with Crippen LogP contribution in [0.4, 0.5) is 0 Å². The molecule has 108 valence electrons. The third-order valence-electron chi connectivity index (χ3n) is 2.84. The molecule has 1 aliphatic carbocycles. The first-order chi connectivity index (χ1) is 8.87. The summed E-state index contributed by atoms with van der Waals surface area (Å²) in [5.41, 5.74) is 0. The summed E-state index contributed by atoms with van der Waals surface area (Å²) in [4.78, 5) is 22.9. The summed E-state index contributed by atoms with van der Waals surface area (Å²) in [6, 6.07) is 0. The second kappa shape index (κ2) is 7.48. The van der Waals surface area contributed by atoms with Crippen molar-refractivity contribution in [2.45, 2.75) is 57.8 Å². The number of ether oxygens (including phenoxy) is 2. The van der Waals surface area contributed by atoms with E-state index in [4.69, 9.17) is 9.47 Å². The largest absolute Gasteiger partial charge is 0.466 e. The van der Waals surface area contributed by atoms with E-state index in [1.165, 1.54) is 12.5 Å². The highest BCUT2D eigenvalue weighted by atomic mass is 28.3. The third-order valence-corrected chi connectivity index (χ3v) is 3.85. The van der Waals surface area contributed by atoms with Gasteiger partial charge < -0.3 is 9.47 Å². The van der Waals surface area contributed by atoms with Gasteiger partial charge in [0.2, 0.25) is 0 Å². The molecule has 0 aliphatic heterocycles. The fraction of sp³-hybridized carbons (Fsp3) is 0.714. The van der Waals surface area contributed by atoms with E-state index in [-0.39, 0.29) is 6.10 Å². The van der Waals surface area contributed by atoms with Crippen LogP contribution in [0.3, 0.4) is 0 Å². The number of carbonyl (C=O) groups excluding carboxylic acids is 2. The molecule has 0 spiro atoms. The molecule has 0 unspecified atom stereocenters. The molecule has 1 rings (SSSR count). The first-order valence-electron chi connectivity index (χ1n) is 6.92. The van der Waals surface area contributed by atoms with Crippen LogP contribution in [0.25, 0.3) is 0 Å². The molecule has 0 atom stereocenters. The zero-order valence-corrected chi connectivity index (χ0v) is 13.1. The predicted molar refractivity (Wildman–Crippen MR) is 76.4 cm³/mol. The van der Waals surface area contributed by atoms with Crippen LogP contribution in [0.1, 0.15) is 32.1 Å². The van der Waals surface area contributed by atoms with Gasteiger partial charge in [0, 0.05) is 12.2 Å². The van der Waals surface area contributed by atoms with Crippen LogP contribution in [-0.2, 0) is 19.1 Å². The minimum absolute atomic E-state index is 0.0175. The minimum atomic E-state index is -1.40. The second-order valence-electron chi connectivity index (χ2n) is 6.20. The van der Waals surface area contributed by atoms with Crippen LogP contribution < -0.4 is 0 Å². The number of carbonyl (C=O) groups is 2. The standard InChI is InChI=1S/C14H24O4Si/c1-19(2,3)11-17-13(15)9-10-14(16)18-12-7-5-4-6-8-12/h9-10,12H,4-8,11H2,1-3H3/b10-9+. The van der Waals surface area contributed by atoms with E-state index < -0.39 is 20.0 Å². The highest BCUT2D eigenvalue weighted by molar-refractivity contribution is 6.76. The lowest BCUT2D eigenvalue weighted by molar-refractivity contribution is -0.145. The maximum Gasteiger partial charge on any atom is 0.331 e. The Morgan fingerprint density at radius 2 is 1.63 bits per heavy atom. The predicted octanol–water partition coefficient (Wildman–Crippen LogP) is 2.84. The Balaban J connectivity index is 2.26. The number of esters is 2. The van der Waals surface area contributed by atoms with Crippen molar-refractivity contribution in [2.75, 3.05) is 6.23 Å². The molecule has 1 saturated carbocycles. The summed E-state index contributed by atoms with van der Waals surface area (Å²) in [5.74, 6) is -0.917. The van der Waals surface area contributed by atoms with Gasteiger partial charge in [-0.05, 0) is 25.7 Å². The summed E-state index contributed by atoms with van der Waals surface area (Å²) >= 11 is 0. The van der Waals surface area contributed by atoms with E-state index in [9.17, 15) is 9.59 Å². The van der Waals surface area contributed by atoms with E-state index in [0.717, 1.165) is 31.8 Å². The molecule has 1 aliphatic rings. The van der Waals surface area contributed by atoms with Crippen molar-refractivity contribution in [3.8, 4) is 0 Å². The van der Waals surface area contributed by atoms with Gasteiger partial charge in [0.1, 0.15) is 6.10 Å².